The van der Waals surface area contributed by atoms with Crippen LogP contribution in [-0.2, 0) is 11.3 Å². The first-order valence-corrected chi connectivity index (χ1v) is 13.8. The highest BCUT2D eigenvalue weighted by atomic mass is 19.2. The summed E-state index contributed by atoms with van der Waals surface area (Å²) in [4.78, 5) is 34.3. The van der Waals surface area contributed by atoms with Crippen LogP contribution in [0.15, 0.2) is 60.7 Å². The third kappa shape index (κ3) is 5.10. The van der Waals surface area contributed by atoms with Crippen molar-refractivity contribution < 1.29 is 22.8 Å². The maximum absolute atomic E-state index is 14.2. The highest BCUT2D eigenvalue weighted by Crippen LogP contribution is 2.37. The van der Waals surface area contributed by atoms with E-state index in [2.05, 4.69) is 15.1 Å². The van der Waals surface area contributed by atoms with Crippen molar-refractivity contribution in [2.24, 2.45) is 5.92 Å². The topological polar surface area (TPSA) is 72.9 Å². The van der Waals surface area contributed by atoms with E-state index in [1.165, 1.54) is 23.1 Å². The third-order valence-electron chi connectivity index (χ3n) is 8.52. The number of anilines is 1. The van der Waals surface area contributed by atoms with E-state index in [1.807, 2.05) is 11.0 Å². The minimum Gasteiger partial charge on any atom is -0.342 e. The van der Waals surface area contributed by atoms with Crippen LogP contribution in [0.1, 0.15) is 31.2 Å². The van der Waals surface area contributed by atoms with Crippen molar-refractivity contribution >= 4 is 17.6 Å². The first-order valence-electron chi connectivity index (χ1n) is 13.8. The molecule has 1 aromatic carbocycles. The van der Waals surface area contributed by atoms with Crippen molar-refractivity contribution in [2.75, 3.05) is 31.1 Å². The Morgan fingerprint density at radius 2 is 1.70 bits per heavy atom. The van der Waals surface area contributed by atoms with Crippen molar-refractivity contribution in [2.45, 2.75) is 50.4 Å². The third-order valence-corrected chi connectivity index (χ3v) is 8.52. The van der Waals surface area contributed by atoms with Gasteiger partial charge in [0.2, 0.25) is 5.91 Å². The van der Waals surface area contributed by atoms with E-state index in [-0.39, 0.29) is 29.6 Å². The SMILES string of the molecule is O=C(C1CCN(Cc2ccnnc2)CC1)N1CCC(N2C(=O)N(c3ccc(F)c(F)c3)C3C=C(F)C=CC32)CC1. The molecule has 3 amide bonds. The van der Waals surface area contributed by atoms with Crippen LogP contribution in [0.25, 0.3) is 0 Å². The molecule has 3 aliphatic heterocycles. The van der Waals surface area contributed by atoms with Gasteiger partial charge in [0.05, 0.1) is 18.3 Å². The number of amides is 3. The molecule has 1 aromatic heterocycles. The monoisotopic (exact) mass is 552 g/mol. The van der Waals surface area contributed by atoms with E-state index in [1.54, 1.807) is 23.4 Å². The molecule has 0 spiro atoms. The van der Waals surface area contributed by atoms with Crippen LogP contribution in [0, 0.1) is 17.6 Å². The summed E-state index contributed by atoms with van der Waals surface area (Å²) in [6.07, 6.45) is 10.6. The number of halogens is 3. The quantitative estimate of drug-likeness (QED) is 0.560. The van der Waals surface area contributed by atoms with E-state index in [0.717, 1.165) is 50.2 Å². The summed E-state index contributed by atoms with van der Waals surface area (Å²) in [6.45, 7) is 3.55. The molecule has 2 atom stereocenters. The lowest BCUT2D eigenvalue weighted by atomic mass is 9.93. The van der Waals surface area contributed by atoms with Crippen molar-refractivity contribution in [3.63, 3.8) is 0 Å². The summed E-state index contributed by atoms with van der Waals surface area (Å²) < 4.78 is 41.8. The molecule has 3 saturated heterocycles. The zero-order chi connectivity index (χ0) is 27.8. The van der Waals surface area contributed by atoms with Gasteiger partial charge in [0.15, 0.2) is 11.6 Å². The average molecular weight is 553 g/mol. The Labute approximate surface area is 230 Å². The van der Waals surface area contributed by atoms with Crippen LogP contribution >= 0.6 is 0 Å². The Morgan fingerprint density at radius 1 is 0.925 bits per heavy atom. The summed E-state index contributed by atoms with van der Waals surface area (Å²) >= 11 is 0. The lowest BCUT2D eigenvalue weighted by molar-refractivity contribution is -0.138. The molecule has 2 unspecified atom stereocenters. The number of rotatable bonds is 5. The fraction of sp³-hybridized carbons (Fsp3) is 0.448. The summed E-state index contributed by atoms with van der Waals surface area (Å²) in [5.41, 5.74) is 1.29. The van der Waals surface area contributed by atoms with Gasteiger partial charge in [-0.3, -0.25) is 14.6 Å². The molecule has 11 heteroatoms. The van der Waals surface area contributed by atoms with E-state index in [4.69, 9.17) is 0 Å². The number of hydrogen-bond acceptors (Lipinski definition) is 5. The van der Waals surface area contributed by atoms with Gasteiger partial charge in [0.25, 0.3) is 0 Å². The number of likely N-dealkylation sites (tertiary alicyclic amines) is 2. The number of benzene rings is 1. The number of allylic oxidation sites excluding steroid dienone is 2. The zero-order valence-corrected chi connectivity index (χ0v) is 22.0. The molecule has 4 aliphatic rings. The Bertz CT molecular complexity index is 1320. The highest BCUT2D eigenvalue weighted by molar-refractivity contribution is 5.97. The minimum absolute atomic E-state index is 0.0144. The largest absolute Gasteiger partial charge is 0.342 e. The Kier molecular flexibility index (Phi) is 7.31. The predicted octanol–water partition coefficient (Wildman–Crippen LogP) is 4.06. The van der Waals surface area contributed by atoms with Crippen molar-refractivity contribution in [3.8, 4) is 0 Å². The lowest BCUT2D eigenvalue weighted by Crippen LogP contribution is -2.52. The van der Waals surface area contributed by atoms with E-state index in [0.29, 0.717) is 25.9 Å². The second-order valence-electron chi connectivity index (χ2n) is 10.9. The van der Waals surface area contributed by atoms with E-state index in [9.17, 15) is 22.8 Å². The summed E-state index contributed by atoms with van der Waals surface area (Å²) in [5.74, 6) is -2.40. The smallest absolute Gasteiger partial charge is 0.325 e. The molecule has 0 saturated carbocycles. The molecular weight excluding hydrogens is 521 g/mol. The van der Waals surface area contributed by atoms with E-state index >= 15 is 0 Å². The molecule has 2 aromatic rings. The molecule has 3 fully saturated rings. The number of carbonyl (C=O) groups excluding carboxylic acids is 2. The molecule has 6 rings (SSSR count). The normalized spacial score (nSPS) is 24.4. The molecule has 40 heavy (non-hydrogen) atoms. The maximum atomic E-state index is 14.2. The number of carbonyl (C=O) groups is 2. The van der Waals surface area contributed by atoms with Crippen LogP contribution in [0.3, 0.4) is 0 Å². The van der Waals surface area contributed by atoms with Crippen LogP contribution in [0.2, 0.25) is 0 Å². The number of hydrogen-bond donors (Lipinski definition) is 0. The van der Waals surface area contributed by atoms with E-state index < -0.39 is 29.5 Å². The van der Waals surface area contributed by atoms with Gasteiger partial charge < -0.3 is 9.80 Å². The van der Waals surface area contributed by atoms with Gasteiger partial charge in [0, 0.05) is 49.5 Å². The number of aromatic nitrogens is 2. The number of piperidine rings is 2. The number of nitrogens with zero attached hydrogens (tertiary/aromatic N) is 6. The first-order chi connectivity index (χ1) is 19.4. The van der Waals surface area contributed by atoms with Gasteiger partial charge >= 0.3 is 6.03 Å². The van der Waals surface area contributed by atoms with Gasteiger partial charge in [-0.15, -0.1) is 0 Å². The number of fused-ring (bicyclic) bond motifs is 1. The van der Waals surface area contributed by atoms with Gasteiger partial charge in [0.1, 0.15) is 5.83 Å². The van der Waals surface area contributed by atoms with Crippen molar-refractivity contribution in [1.29, 1.82) is 0 Å². The zero-order valence-electron chi connectivity index (χ0n) is 22.0. The molecule has 0 N–H and O–H groups in total. The van der Waals surface area contributed by atoms with Gasteiger partial charge in [-0.05, 0) is 74.7 Å². The standard InChI is InChI=1S/C29H31F3N6O2/c30-21-1-4-26-27(15-21)38(23-2-3-24(31)25(32)16-23)29(40)37(26)22-8-13-36(14-9-22)28(39)20-6-11-35(12-7-20)18-19-5-10-33-34-17-19/h1-5,10,15-17,20,22,26-27H,6-9,11-14,18H2. The predicted molar refractivity (Wildman–Crippen MR) is 142 cm³/mol. The summed E-state index contributed by atoms with van der Waals surface area (Å²) in [7, 11) is 0. The van der Waals surface area contributed by atoms with Crippen LogP contribution < -0.4 is 4.90 Å². The molecule has 0 bridgehead atoms. The van der Waals surface area contributed by atoms with Crippen LogP contribution in [0.5, 0.6) is 0 Å². The molecule has 0 radical (unpaired) electrons. The molecule has 8 nitrogen and oxygen atoms in total. The van der Waals surface area contributed by atoms with Crippen molar-refractivity contribution in [3.05, 3.63) is 77.9 Å². The Morgan fingerprint density at radius 3 is 2.40 bits per heavy atom. The van der Waals surface area contributed by atoms with Crippen LogP contribution in [0.4, 0.5) is 23.7 Å². The second-order valence-corrected chi connectivity index (χ2v) is 10.9. The number of urea groups is 1. The van der Waals surface area contributed by atoms with Gasteiger partial charge in [-0.25, -0.2) is 18.0 Å². The Hall–Kier alpha value is -3.73. The second kappa shape index (κ2) is 11.0. The minimum atomic E-state index is -1.07. The van der Waals surface area contributed by atoms with Crippen LogP contribution in [-0.4, -0.2) is 81.1 Å². The fourth-order valence-corrected chi connectivity index (χ4v) is 6.43. The fourth-order valence-electron chi connectivity index (χ4n) is 6.43. The molecule has 210 valence electrons. The lowest BCUT2D eigenvalue weighted by Gasteiger charge is -2.40. The Balaban J connectivity index is 1.08. The van der Waals surface area contributed by atoms with Gasteiger partial charge in [-0.1, -0.05) is 6.08 Å². The first kappa shape index (κ1) is 26.5. The summed E-state index contributed by atoms with van der Waals surface area (Å²) in [6, 6.07) is 3.59. The molecular formula is C29H31F3N6O2. The average Bonchev–Trinajstić information content (AvgIpc) is 3.26. The molecule has 4 heterocycles. The summed E-state index contributed by atoms with van der Waals surface area (Å²) in [5, 5.41) is 7.75. The maximum Gasteiger partial charge on any atom is 0.325 e. The van der Waals surface area contributed by atoms with Gasteiger partial charge in [-0.2, -0.15) is 10.2 Å². The van der Waals surface area contributed by atoms with Crippen molar-refractivity contribution in [1.82, 2.24) is 24.9 Å². The highest BCUT2D eigenvalue weighted by Gasteiger charge is 2.49. The molecule has 1 aliphatic carbocycles.